The van der Waals surface area contributed by atoms with Crippen LogP contribution in [-0.2, 0) is 12.5 Å². The zero-order valence-electron chi connectivity index (χ0n) is 25.6. The highest BCUT2D eigenvalue weighted by Crippen LogP contribution is 2.55. The number of piperidine rings is 1. The fourth-order valence-corrected chi connectivity index (χ4v) is 7.33. The van der Waals surface area contributed by atoms with Gasteiger partial charge < -0.3 is 20.2 Å². The molecule has 1 aromatic heterocycles. The maximum atomic E-state index is 16.0. The number of hydrogen-bond donors (Lipinski definition) is 2. The first-order valence-corrected chi connectivity index (χ1v) is 15.8. The third kappa shape index (κ3) is 5.20. The number of anilines is 2. The van der Waals surface area contributed by atoms with E-state index in [2.05, 4.69) is 28.2 Å². The number of aliphatic hydroxyl groups is 1. The van der Waals surface area contributed by atoms with Gasteiger partial charge >= 0.3 is 5.69 Å². The van der Waals surface area contributed by atoms with Gasteiger partial charge in [-0.2, -0.15) is 10.2 Å². The van der Waals surface area contributed by atoms with Crippen LogP contribution < -0.4 is 15.9 Å². The van der Waals surface area contributed by atoms with Crippen LogP contribution in [0.1, 0.15) is 87.9 Å². The molecule has 2 fully saturated rings. The van der Waals surface area contributed by atoms with Crippen LogP contribution in [0, 0.1) is 28.5 Å². The third-order valence-corrected chi connectivity index (χ3v) is 10.4. The molecular weight excluding hydrogens is 569 g/mol. The molecule has 1 saturated heterocycles. The summed E-state index contributed by atoms with van der Waals surface area (Å²) in [5, 5.41) is 24.4. The molecule has 8 nitrogen and oxygen atoms in total. The highest BCUT2D eigenvalue weighted by Gasteiger charge is 2.51. The summed E-state index contributed by atoms with van der Waals surface area (Å²) in [7, 11) is 1.68. The van der Waals surface area contributed by atoms with Gasteiger partial charge in [0.2, 0.25) is 0 Å². The van der Waals surface area contributed by atoms with E-state index >= 15 is 13.2 Å². The van der Waals surface area contributed by atoms with Gasteiger partial charge in [-0.3, -0.25) is 4.57 Å². The summed E-state index contributed by atoms with van der Waals surface area (Å²) in [6.07, 6.45) is 5.89. The number of aromatic nitrogens is 2. The van der Waals surface area contributed by atoms with Gasteiger partial charge in [-0.05, 0) is 77.1 Å². The van der Waals surface area contributed by atoms with Crippen LogP contribution in [-0.4, -0.2) is 52.0 Å². The first-order valence-electron chi connectivity index (χ1n) is 15.8. The molecule has 9 rings (SSSR count). The molecule has 6 aliphatic heterocycles. The summed E-state index contributed by atoms with van der Waals surface area (Å²) < 4.78 is 49.4. The van der Waals surface area contributed by atoms with Gasteiger partial charge in [-0.15, -0.1) is 0 Å². The quantitative estimate of drug-likeness (QED) is 0.423. The number of likely N-dealkylation sites (N-methyl/N-ethyl adjacent to an activating group) is 1. The van der Waals surface area contributed by atoms with Crippen molar-refractivity contribution >= 4 is 17.7 Å². The van der Waals surface area contributed by atoms with E-state index in [0.717, 1.165) is 25.7 Å². The summed E-state index contributed by atoms with van der Waals surface area (Å²) in [5.74, 6) is -4.64. The number of hydrogen-bond acceptors (Lipinski definition) is 7. The Morgan fingerprint density at radius 2 is 1.82 bits per heavy atom. The normalized spacial score (nSPS) is 29.6. The Balaban J connectivity index is 1.46. The second-order valence-corrected chi connectivity index (χ2v) is 13.1. The highest BCUT2D eigenvalue weighted by molar-refractivity contribution is 5.80. The van der Waals surface area contributed by atoms with Crippen molar-refractivity contribution < 1.29 is 18.3 Å². The van der Waals surface area contributed by atoms with Gasteiger partial charge in [0.1, 0.15) is 17.5 Å². The Kier molecular flexibility index (Phi) is 8.03. The second kappa shape index (κ2) is 11.5. The Labute approximate surface area is 256 Å². The second-order valence-electron chi connectivity index (χ2n) is 13.1. The molecule has 0 radical (unpaired) electrons. The standard InChI is InChI=1S/C33H41F3N6O2/c1-20-8-5-4-6-15-42-29-24(18-26(30(43)40(29)3)32(19-37)13-14-32)28(39-31(42)44)38-21(2)23-9-7-10-25(27(23)34)33(35,36)22-11-16-41(20)17-12-22/h7,9-10,18,20-22,30,43H,4-6,8,11-17H2,1-3H3,(H,38,39,44)/t20?,21-,30?/m1/s1. The molecule has 1 saturated carbocycles. The van der Waals surface area contributed by atoms with Gasteiger partial charge in [0.05, 0.1) is 28.7 Å². The molecule has 2 N–H and O–H groups in total. The van der Waals surface area contributed by atoms with Crippen LogP contribution in [0.15, 0.2) is 28.6 Å². The van der Waals surface area contributed by atoms with Gasteiger partial charge in [0, 0.05) is 31.1 Å². The summed E-state index contributed by atoms with van der Waals surface area (Å²) >= 11 is 0. The minimum Gasteiger partial charge on any atom is -0.369 e. The fraction of sp³-hybridized carbons (Fsp3) is 0.606. The number of rotatable bonds is 1. The first-order chi connectivity index (χ1) is 21.0. The molecule has 7 aliphatic rings. The molecule has 44 heavy (non-hydrogen) atoms. The van der Waals surface area contributed by atoms with Crippen LogP contribution >= 0.6 is 0 Å². The van der Waals surface area contributed by atoms with E-state index in [1.807, 2.05) is 0 Å². The number of aliphatic hydroxyl groups excluding tert-OH is 1. The minimum atomic E-state index is -3.33. The summed E-state index contributed by atoms with van der Waals surface area (Å²) in [4.78, 5) is 21.7. The fourth-order valence-electron chi connectivity index (χ4n) is 7.33. The van der Waals surface area contributed by atoms with Crippen molar-refractivity contribution in [1.29, 1.82) is 5.26 Å². The average Bonchev–Trinajstić information content (AvgIpc) is 3.80. The molecule has 11 heteroatoms. The van der Waals surface area contributed by atoms with Gasteiger partial charge in [0.15, 0.2) is 6.23 Å². The number of benzene rings is 1. The number of alkyl halides is 2. The number of halogens is 3. The highest BCUT2D eigenvalue weighted by atomic mass is 19.3. The molecule has 3 atom stereocenters. The van der Waals surface area contributed by atoms with Crippen molar-refractivity contribution in [2.24, 2.45) is 11.3 Å². The van der Waals surface area contributed by atoms with Crippen molar-refractivity contribution in [1.82, 2.24) is 14.5 Å². The number of nitrogens with one attached hydrogen (secondary N) is 1. The zero-order valence-corrected chi connectivity index (χ0v) is 25.6. The van der Waals surface area contributed by atoms with Crippen LogP contribution in [0.5, 0.6) is 0 Å². The monoisotopic (exact) mass is 610 g/mol. The largest absolute Gasteiger partial charge is 0.369 e. The Morgan fingerprint density at radius 3 is 2.50 bits per heavy atom. The zero-order chi connectivity index (χ0) is 31.4. The summed E-state index contributed by atoms with van der Waals surface area (Å²) in [6.45, 7) is 5.28. The van der Waals surface area contributed by atoms with E-state index in [4.69, 9.17) is 0 Å². The molecule has 236 valence electrons. The van der Waals surface area contributed by atoms with E-state index in [-0.39, 0.29) is 17.4 Å². The van der Waals surface area contributed by atoms with Crippen molar-refractivity contribution in [3.8, 4) is 6.07 Å². The SMILES string of the molecule is CC1CCCCCn2c3c(c(nc2=O)N[C@H](C)c2cccc(c2F)C(F)(F)C2CCN1CC2)C=C(C1(C#N)CC1)C(O)N3C. The summed E-state index contributed by atoms with van der Waals surface area (Å²) in [5.41, 5.74) is -0.841. The van der Waals surface area contributed by atoms with E-state index < -0.39 is 46.6 Å². The lowest BCUT2D eigenvalue weighted by atomic mass is 9.84. The molecule has 7 heterocycles. The molecule has 1 aromatic carbocycles. The molecule has 2 unspecified atom stereocenters. The Bertz CT molecular complexity index is 1550. The minimum absolute atomic E-state index is 0.0476. The van der Waals surface area contributed by atoms with Crippen LogP contribution in [0.25, 0.3) is 6.08 Å². The lowest BCUT2D eigenvalue weighted by Gasteiger charge is -2.39. The van der Waals surface area contributed by atoms with E-state index in [1.54, 1.807) is 29.5 Å². The maximum Gasteiger partial charge on any atom is 0.351 e. The lowest BCUT2D eigenvalue weighted by Crippen LogP contribution is -2.44. The molecule has 6 bridgehead atoms. The first kappa shape index (κ1) is 30.7. The molecule has 2 aromatic rings. The van der Waals surface area contributed by atoms with E-state index in [1.165, 1.54) is 18.2 Å². The third-order valence-electron chi connectivity index (χ3n) is 10.4. The van der Waals surface area contributed by atoms with Gasteiger partial charge in [-0.25, -0.2) is 18.0 Å². The van der Waals surface area contributed by atoms with Crippen LogP contribution in [0.2, 0.25) is 0 Å². The van der Waals surface area contributed by atoms with Crippen molar-refractivity contribution in [2.45, 2.75) is 96.0 Å². The van der Waals surface area contributed by atoms with Crippen molar-refractivity contribution in [3.05, 3.63) is 56.8 Å². The van der Waals surface area contributed by atoms with Crippen LogP contribution in [0.3, 0.4) is 0 Å². The topological polar surface area (TPSA) is 97.4 Å². The molecule has 1 aliphatic carbocycles. The van der Waals surface area contributed by atoms with E-state index in [0.29, 0.717) is 62.3 Å². The molecule has 0 amide bonds. The smallest absolute Gasteiger partial charge is 0.351 e. The summed E-state index contributed by atoms with van der Waals surface area (Å²) in [6, 6.07) is 5.87. The van der Waals surface area contributed by atoms with Gasteiger partial charge in [0.25, 0.3) is 5.92 Å². The number of nitriles is 1. The Morgan fingerprint density at radius 1 is 1.09 bits per heavy atom. The van der Waals surface area contributed by atoms with Crippen molar-refractivity contribution in [3.63, 3.8) is 0 Å². The predicted molar refractivity (Wildman–Crippen MR) is 163 cm³/mol. The molecular formula is C33H41F3N6O2. The number of nitrogens with zero attached hydrogens (tertiary/aromatic N) is 5. The van der Waals surface area contributed by atoms with Gasteiger partial charge in [-0.1, -0.05) is 31.0 Å². The Hall–Kier alpha value is -3.36. The lowest BCUT2D eigenvalue weighted by molar-refractivity contribution is -0.0907. The molecule has 0 spiro atoms. The maximum absolute atomic E-state index is 16.0. The van der Waals surface area contributed by atoms with Crippen molar-refractivity contribution in [2.75, 3.05) is 30.4 Å². The predicted octanol–water partition coefficient (Wildman–Crippen LogP) is 5.78. The van der Waals surface area contributed by atoms with E-state index in [9.17, 15) is 15.2 Å². The average molecular weight is 611 g/mol. The van der Waals surface area contributed by atoms with Crippen LogP contribution in [0.4, 0.5) is 24.8 Å².